The molecule has 0 radical (unpaired) electrons. The molecule has 0 aliphatic rings. The minimum absolute atomic E-state index is 0.318. The Labute approximate surface area is 85.9 Å². The molecular weight excluding hydrogens is 184 g/mol. The number of unbranched alkanes of at least 4 members (excludes halogenated alkanes) is 2. The van der Waals surface area contributed by atoms with Crippen LogP contribution >= 0.6 is 0 Å². The zero-order valence-electron chi connectivity index (χ0n) is 9.32. The smallest absolute Gasteiger partial charge is 0.300 e. The van der Waals surface area contributed by atoms with Crippen LogP contribution < -0.4 is 0 Å². The number of aliphatic carboxylic acids is 1. The van der Waals surface area contributed by atoms with E-state index in [-0.39, 0.29) is 6.10 Å². The molecule has 0 aromatic rings. The quantitative estimate of drug-likeness (QED) is 0.649. The Morgan fingerprint density at radius 1 is 1.43 bits per heavy atom. The molecule has 0 aliphatic carbocycles. The van der Waals surface area contributed by atoms with Crippen molar-refractivity contribution in [2.24, 2.45) is 0 Å². The van der Waals surface area contributed by atoms with Crippen LogP contribution in [0.4, 0.5) is 0 Å². The van der Waals surface area contributed by atoms with E-state index in [1.807, 2.05) is 0 Å². The monoisotopic (exact) mass is 206 g/mol. The van der Waals surface area contributed by atoms with Gasteiger partial charge in [0.15, 0.2) is 0 Å². The molecule has 0 fully saturated rings. The van der Waals surface area contributed by atoms with Crippen LogP contribution in [-0.4, -0.2) is 35.5 Å². The van der Waals surface area contributed by atoms with Gasteiger partial charge < -0.3 is 14.9 Å². The number of hydrogen-bond donors (Lipinski definition) is 2. The number of carboxylic acid groups (broad SMARTS) is 1. The topological polar surface area (TPSA) is 66.8 Å². The molecule has 0 bridgehead atoms. The van der Waals surface area contributed by atoms with E-state index in [4.69, 9.17) is 19.7 Å². The van der Waals surface area contributed by atoms with E-state index in [0.717, 1.165) is 20.0 Å². The second-order valence-corrected chi connectivity index (χ2v) is 3.15. The fourth-order valence-electron chi connectivity index (χ4n) is 0.708. The Kier molecular flexibility index (Phi) is 14.0. The van der Waals surface area contributed by atoms with Crippen LogP contribution in [0.5, 0.6) is 0 Å². The third-order valence-electron chi connectivity index (χ3n) is 1.25. The first-order valence-corrected chi connectivity index (χ1v) is 4.96. The number of hydrogen-bond acceptors (Lipinski definition) is 3. The average Bonchev–Trinajstić information content (AvgIpc) is 2.02. The first kappa shape index (κ1) is 15.8. The third kappa shape index (κ3) is 30.1. The molecule has 0 saturated carbocycles. The third-order valence-corrected chi connectivity index (χ3v) is 1.25. The maximum Gasteiger partial charge on any atom is 0.300 e. The lowest BCUT2D eigenvalue weighted by atomic mass is 10.3. The van der Waals surface area contributed by atoms with Crippen molar-refractivity contribution in [1.82, 2.24) is 0 Å². The highest BCUT2D eigenvalue weighted by Gasteiger charge is 1.93. The van der Waals surface area contributed by atoms with Gasteiger partial charge in [0.25, 0.3) is 5.97 Å². The summed E-state index contributed by atoms with van der Waals surface area (Å²) in [6, 6.07) is 0. The molecule has 0 aromatic heterocycles. The molecule has 4 nitrogen and oxygen atoms in total. The maximum absolute atomic E-state index is 9.00. The van der Waals surface area contributed by atoms with Gasteiger partial charge in [0, 0.05) is 13.5 Å². The SMILES string of the molecule is CC(=O)O.CCCCCOCC(C)O. The van der Waals surface area contributed by atoms with Crippen LogP contribution in [0.3, 0.4) is 0 Å². The minimum atomic E-state index is -0.833. The molecule has 0 rings (SSSR count). The number of ether oxygens (including phenoxy) is 1. The summed E-state index contributed by atoms with van der Waals surface area (Å²) in [6.07, 6.45) is 3.24. The Balaban J connectivity index is 0. The summed E-state index contributed by atoms with van der Waals surface area (Å²) in [5.74, 6) is -0.833. The van der Waals surface area contributed by atoms with Crippen molar-refractivity contribution in [3.8, 4) is 0 Å². The number of aliphatic hydroxyl groups excluding tert-OH is 1. The molecule has 0 aliphatic heterocycles. The summed E-state index contributed by atoms with van der Waals surface area (Å²) in [4.78, 5) is 9.00. The van der Waals surface area contributed by atoms with Gasteiger partial charge in [-0.05, 0) is 13.3 Å². The van der Waals surface area contributed by atoms with Crippen molar-refractivity contribution in [2.75, 3.05) is 13.2 Å². The molecule has 14 heavy (non-hydrogen) atoms. The van der Waals surface area contributed by atoms with E-state index < -0.39 is 5.97 Å². The van der Waals surface area contributed by atoms with Crippen molar-refractivity contribution in [3.63, 3.8) is 0 Å². The number of aliphatic hydroxyl groups is 1. The van der Waals surface area contributed by atoms with Crippen LogP contribution in [0.15, 0.2) is 0 Å². The molecule has 0 saturated heterocycles. The summed E-state index contributed by atoms with van der Waals surface area (Å²) in [6.45, 7) is 6.25. The second kappa shape index (κ2) is 12.4. The highest BCUT2D eigenvalue weighted by molar-refractivity contribution is 5.62. The Morgan fingerprint density at radius 3 is 2.29 bits per heavy atom. The van der Waals surface area contributed by atoms with E-state index in [1.165, 1.54) is 12.8 Å². The number of carboxylic acids is 1. The molecule has 1 unspecified atom stereocenters. The predicted octanol–water partition coefficient (Wildman–Crippen LogP) is 1.66. The molecule has 0 heterocycles. The molecule has 0 amide bonds. The zero-order valence-corrected chi connectivity index (χ0v) is 9.32. The van der Waals surface area contributed by atoms with Crippen LogP contribution in [0, 0.1) is 0 Å². The predicted molar refractivity (Wildman–Crippen MR) is 55.3 cm³/mol. The van der Waals surface area contributed by atoms with Gasteiger partial charge in [0.1, 0.15) is 0 Å². The Hall–Kier alpha value is -0.610. The van der Waals surface area contributed by atoms with E-state index in [0.29, 0.717) is 6.61 Å². The highest BCUT2D eigenvalue weighted by Crippen LogP contribution is 1.94. The normalized spacial score (nSPS) is 11.4. The fourth-order valence-corrected chi connectivity index (χ4v) is 0.708. The first-order valence-electron chi connectivity index (χ1n) is 4.96. The van der Waals surface area contributed by atoms with Crippen LogP contribution in [0.1, 0.15) is 40.0 Å². The second-order valence-electron chi connectivity index (χ2n) is 3.15. The molecule has 0 aromatic carbocycles. The maximum atomic E-state index is 9.00. The summed E-state index contributed by atoms with van der Waals surface area (Å²) in [5, 5.41) is 16.2. The lowest BCUT2D eigenvalue weighted by Gasteiger charge is -2.04. The van der Waals surface area contributed by atoms with E-state index in [2.05, 4.69) is 6.92 Å². The van der Waals surface area contributed by atoms with Gasteiger partial charge in [-0.1, -0.05) is 19.8 Å². The van der Waals surface area contributed by atoms with Crippen molar-refractivity contribution >= 4 is 5.97 Å². The highest BCUT2D eigenvalue weighted by atomic mass is 16.5. The molecular formula is C10H22O4. The van der Waals surface area contributed by atoms with Crippen LogP contribution in [-0.2, 0) is 9.53 Å². The Bertz CT molecular complexity index is 119. The molecule has 1 atom stereocenters. The molecule has 2 N–H and O–H groups in total. The van der Waals surface area contributed by atoms with Crippen LogP contribution in [0.25, 0.3) is 0 Å². The van der Waals surface area contributed by atoms with Gasteiger partial charge in [-0.25, -0.2) is 0 Å². The zero-order chi connectivity index (χ0) is 11.4. The van der Waals surface area contributed by atoms with Crippen molar-refractivity contribution in [2.45, 2.75) is 46.1 Å². The summed E-state index contributed by atoms with van der Waals surface area (Å²) >= 11 is 0. The minimum Gasteiger partial charge on any atom is -0.481 e. The molecule has 86 valence electrons. The van der Waals surface area contributed by atoms with Crippen molar-refractivity contribution < 1.29 is 19.7 Å². The standard InChI is InChI=1S/C8H18O2.C2H4O2/c1-3-4-5-6-10-7-8(2)9;1-2(3)4/h8-9H,3-7H2,1-2H3;1H3,(H,3,4). The largest absolute Gasteiger partial charge is 0.481 e. The lowest BCUT2D eigenvalue weighted by molar-refractivity contribution is -0.134. The van der Waals surface area contributed by atoms with E-state index >= 15 is 0 Å². The van der Waals surface area contributed by atoms with E-state index in [9.17, 15) is 0 Å². The lowest BCUT2D eigenvalue weighted by Crippen LogP contribution is -2.10. The summed E-state index contributed by atoms with van der Waals surface area (Å²) in [5.41, 5.74) is 0. The summed E-state index contributed by atoms with van der Waals surface area (Å²) < 4.78 is 5.15. The molecule has 4 heteroatoms. The first-order chi connectivity index (χ1) is 6.50. The van der Waals surface area contributed by atoms with Gasteiger partial charge in [0.2, 0.25) is 0 Å². The summed E-state index contributed by atoms with van der Waals surface area (Å²) in [7, 11) is 0. The van der Waals surface area contributed by atoms with Crippen molar-refractivity contribution in [1.29, 1.82) is 0 Å². The van der Waals surface area contributed by atoms with Gasteiger partial charge in [-0.15, -0.1) is 0 Å². The van der Waals surface area contributed by atoms with E-state index in [1.54, 1.807) is 6.92 Å². The van der Waals surface area contributed by atoms with Gasteiger partial charge in [-0.2, -0.15) is 0 Å². The van der Waals surface area contributed by atoms with Gasteiger partial charge in [0.05, 0.1) is 12.7 Å². The Morgan fingerprint density at radius 2 is 1.93 bits per heavy atom. The van der Waals surface area contributed by atoms with Gasteiger partial charge in [-0.3, -0.25) is 4.79 Å². The van der Waals surface area contributed by atoms with Gasteiger partial charge >= 0.3 is 0 Å². The van der Waals surface area contributed by atoms with Crippen molar-refractivity contribution in [3.05, 3.63) is 0 Å². The molecule has 0 spiro atoms. The average molecular weight is 206 g/mol. The fraction of sp³-hybridized carbons (Fsp3) is 0.900. The van der Waals surface area contributed by atoms with Crippen LogP contribution in [0.2, 0.25) is 0 Å². The number of rotatable bonds is 6. The number of carbonyl (C=O) groups is 1.